The van der Waals surface area contributed by atoms with Gasteiger partial charge in [0.05, 0.1) is 0 Å². The van der Waals surface area contributed by atoms with Gasteiger partial charge in [-0.2, -0.15) is 0 Å². The first-order chi connectivity index (χ1) is 3.72. The number of nitrogens with zero attached hydrogens (tertiary/aromatic N) is 1. The van der Waals surface area contributed by atoms with Crippen molar-refractivity contribution in [3.63, 3.8) is 0 Å². The SMILES string of the molecule is COC(OC)N(C)P. The summed E-state index contributed by atoms with van der Waals surface area (Å²) >= 11 is 0. The molecule has 3 nitrogen and oxygen atoms in total. The van der Waals surface area contributed by atoms with Crippen LogP contribution in [0.15, 0.2) is 0 Å². The summed E-state index contributed by atoms with van der Waals surface area (Å²) in [6.45, 7) is 0. The van der Waals surface area contributed by atoms with Crippen molar-refractivity contribution in [2.75, 3.05) is 21.3 Å². The molecule has 0 aromatic heterocycles. The molecule has 0 saturated carbocycles. The van der Waals surface area contributed by atoms with E-state index in [0.717, 1.165) is 0 Å². The van der Waals surface area contributed by atoms with Crippen molar-refractivity contribution in [3.05, 3.63) is 0 Å². The van der Waals surface area contributed by atoms with E-state index in [9.17, 15) is 0 Å². The third-order valence-corrected chi connectivity index (χ3v) is 0.979. The summed E-state index contributed by atoms with van der Waals surface area (Å²) in [5.74, 6) is 0. The zero-order chi connectivity index (χ0) is 6.57. The lowest BCUT2D eigenvalue weighted by Gasteiger charge is -2.19. The molecule has 8 heavy (non-hydrogen) atoms. The van der Waals surface area contributed by atoms with E-state index in [4.69, 9.17) is 9.47 Å². The molecule has 0 radical (unpaired) electrons. The summed E-state index contributed by atoms with van der Waals surface area (Å²) in [4.78, 5) is 0. The maximum absolute atomic E-state index is 4.84. The normalized spacial score (nSPS) is 11.2. The van der Waals surface area contributed by atoms with Crippen LogP contribution < -0.4 is 0 Å². The van der Waals surface area contributed by atoms with Gasteiger partial charge in [-0.25, -0.2) is 4.67 Å². The molecule has 0 heterocycles. The van der Waals surface area contributed by atoms with E-state index in [2.05, 4.69) is 9.39 Å². The van der Waals surface area contributed by atoms with Gasteiger partial charge in [0.1, 0.15) is 0 Å². The Hall–Kier alpha value is 0.310. The van der Waals surface area contributed by atoms with Gasteiger partial charge in [0.15, 0.2) is 0 Å². The van der Waals surface area contributed by atoms with Gasteiger partial charge in [0.25, 0.3) is 0 Å². The second-order valence-corrected chi connectivity index (χ2v) is 2.26. The molecule has 50 valence electrons. The Labute approximate surface area is 52.2 Å². The predicted octanol–water partition coefficient (Wildman–Crippen LogP) is 0.285. The van der Waals surface area contributed by atoms with Crippen LogP contribution in [-0.4, -0.2) is 32.4 Å². The van der Waals surface area contributed by atoms with Gasteiger partial charge in [0.2, 0.25) is 6.41 Å². The summed E-state index contributed by atoms with van der Waals surface area (Å²) in [5.41, 5.74) is 0. The minimum atomic E-state index is -0.250. The summed E-state index contributed by atoms with van der Waals surface area (Å²) < 4.78 is 11.4. The van der Waals surface area contributed by atoms with Crippen molar-refractivity contribution in [1.82, 2.24) is 4.67 Å². The smallest absolute Gasteiger partial charge is 0.220 e. The van der Waals surface area contributed by atoms with Crippen LogP contribution in [0, 0.1) is 0 Å². The molecular weight excluding hydrogens is 125 g/mol. The number of hydrogen-bond acceptors (Lipinski definition) is 3. The lowest BCUT2D eigenvalue weighted by Crippen LogP contribution is -2.26. The van der Waals surface area contributed by atoms with Crippen LogP contribution in [0.5, 0.6) is 0 Å². The molecule has 0 N–H and O–H groups in total. The van der Waals surface area contributed by atoms with Crippen molar-refractivity contribution < 1.29 is 9.47 Å². The van der Waals surface area contributed by atoms with Gasteiger partial charge < -0.3 is 9.47 Å². The number of ether oxygens (including phenoxy) is 2. The highest BCUT2D eigenvalue weighted by molar-refractivity contribution is 7.13. The van der Waals surface area contributed by atoms with Gasteiger partial charge in [-0.15, -0.1) is 0 Å². The topological polar surface area (TPSA) is 21.7 Å². The van der Waals surface area contributed by atoms with Crippen LogP contribution in [0.3, 0.4) is 0 Å². The van der Waals surface area contributed by atoms with Crippen molar-refractivity contribution in [2.45, 2.75) is 6.41 Å². The first-order valence-corrected chi connectivity index (χ1v) is 2.77. The van der Waals surface area contributed by atoms with Crippen LogP contribution >= 0.6 is 9.39 Å². The van der Waals surface area contributed by atoms with Crippen LogP contribution in [0.1, 0.15) is 0 Å². The van der Waals surface area contributed by atoms with Gasteiger partial charge in [-0.3, -0.25) is 0 Å². The Bertz CT molecular complexity index is 56.0. The maximum Gasteiger partial charge on any atom is 0.220 e. The molecule has 0 aromatic rings. The highest BCUT2D eigenvalue weighted by Crippen LogP contribution is 2.02. The van der Waals surface area contributed by atoms with Crippen molar-refractivity contribution >= 4 is 9.39 Å². The highest BCUT2D eigenvalue weighted by Gasteiger charge is 2.04. The van der Waals surface area contributed by atoms with E-state index in [1.807, 2.05) is 7.05 Å². The molecule has 1 unspecified atom stereocenters. The molecule has 0 aromatic carbocycles. The number of methoxy groups -OCH3 is 2. The minimum Gasteiger partial charge on any atom is -0.343 e. The number of rotatable bonds is 3. The first-order valence-electron chi connectivity index (χ1n) is 2.25. The Morgan fingerprint density at radius 1 is 1.38 bits per heavy atom. The third-order valence-electron chi connectivity index (χ3n) is 0.736. The van der Waals surface area contributed by atoms with Gasteiger partial charge in [-0.05, 0) is 7.05 Å². The van der Waals surface area contributed by atoms with E-state index < -0.39 is 0 Å². The van der Waals surface area contributed by atoms with E-state index in [0.29, 0.717) is 0 Å². The van der Waals surface area contributed by atoms with Crippen LogP contribution in [0.25, 0.3) is 0 Å². The minimum absolute atomic E-state index is 0.250. The van der Waals surface area contributed by atoms with Crippen molar-refractivity contribution in [1.29, 1.82) is 0 Å². The molecular formula is C4H12NO2P. The average molecular weight is 137 g/mol. The molecule has 0 aliphatic carbocycles. The molecule has 0 rings (SSSR count). The van der Waals surface area contributed by atoms with E-state index in [1.54, 1.807) is 18.9 Å². The molecule has 0 fully saturated rings. The predicted molar refractivity (Wildman–Crippen MR) is 35.3 cm³/mol. The second-order valence-electron chi connectivity index (χ2n) is 1.44. The first kappa shape index (κ1) is 8.31. The third kappa shape index (κ3) is 2.58. The Balaban J connectivity index is 3.35. The molecule has 0 aliphatic rings. The molecule has 0 aliphatic heterocycles. The number of hydrogen-bond donors (Lipinski definition) is 0. The van der Waals surface area contributed by atoms with Crippen molar-refractivity contribution in [3.8, 4) is 0 Å². The molecule has 4 heteroatoms. The summed E-state index contributed by atoms with van der Waals surface area (Å²) in [5, 5.41) is 0. The second kappa shape index (κ2) is 4.21. The highest BCUT2D eigenvalue weighted by atomic mass is 31.0. The zero-order valence-electron chi connectivity index (χ0n) is 5.42. The lowest BCUT2D eigenvalue weighted by atomic mass is 11.0. The van der Waals surface area contributed by atoms with Crippen LogP contribution in [0.4, 0.5) is 0 Å². The molecule has 1 atom stereocenters. The molecule has 0 saturated heterocycles. The fourth-order valence-corrected chi connectivity index (χ4v) is 0.672. The molecule has 0 bridgehead atoms. The van der Waals surface area contributed by atoms with E-state index in [-0.39, 0.29) is 6.41 Å². The standard InChI is InChI=1S/C4H12NO2P/c1-5(8)4(6-2)7-3/h4H,8H2,1-3H3. The van der Waals surface area contributed by atoms with Gasteiger partial charge >= 0.3 is 0 Å². The van der Waals surface area contributed by atoms with Gasteiger partial charge in [-0.1, -0.05) is 9.39 Å². The Morgan fingerprint density at radius 2 is 1.75 bits per heavy atom. The van der Waals surface area contributed by atoms with Crippen molar-refractivity contribution in [2.24, 2.45) is 0 Å². The fraction of sp³-hybridized carbons (Fsp3) is 1.00. The summed E-state index contributed by atoms with van der Waals surface area (Å²) in [6, 6.07) is 0. The quantitative estimate of drug-likeness (QED) is 0.412. The summed E-state index contributed by atoms with van der Waals surface area (Å²) in [6.07, 6.45) is -0.250. The van der Waals surface area contributed by atoms with Crippen LogP contribution in [-0.2, 0) is 9.47 Å². The van der Waals surface area contributed by atoms with Gasteiger partial charge in [0, 0.05) is 14.2 Å². The molecule has 0 spiro atoms. The van der Waals surface area contributed by atoms with E-state index >= 15 is 0 Å². The lowest BCUT2D eigenvalue weighted by molar-refractivity contribution is -0.156. The summed E-state index contributed by atoms with van der Waals surface area (Å²) in [7, 11) is 7.48. The Morgan fingerprint density at radius 3 is 1.75 bits per heavy atom. The Kier molecular flexibility index (Phi) is 4.38. The van der Waals surface area contributed by atoms with E-state index in [1.165, 1.54) is 0 Å². The largest absolute Gasteiger partial charge is 0.343 e. The maximum atomic E-state index is 4.84. The zero-order valence-corrected chi connectivity index (χ0v) is 6.57. The monoisotopic (exact) mass is 137 g/mol. The van der Waals surface area contributed by atoms with Crippen LogP contribution in [0.2, 0.25) is 0 Å². The fourth-order valence-electron chi connectivity index (χ4n) is 0.429. The molecule has 0 amide bonds. The average Bonchev–Trinajstić information content (AvgIpc) is 1.69.